The minimum absolute atomic E-state index is 0.347. The molecule has 1 saturated heterocycles. The van der Waals surface area contributed by atoms with E-state index in [9.17, 15) is 5.11 Å². The summed E-state index contributed by atoms with van der Waals surface area (Å²) in [5, 5.41) is 13.8. The first kappa shape index (κ1) is 13.0. The van der Waals surface area contributed by atoms with Crippen molar-refractivity contribution in [3.8, 4) is 5.75 Å². The van der Waals surface area contributed by atoms with Crippen molar-refractivity contribution in [1.82, 2.24) is 10.2 Å². The molecule has 2 rings (SSSR count). The van der Waals surface area contributed by atoms with Crippen LogP contribution in [0.2, 0.25) is 0 Å². The van der Waals surface area contributed by atoms with Crippen molar-refractivity contribution >= 4 is 23.0 Å². The number of hydrogen-bond acceptors (Lipinski definition) is 3. The Morgan fingerprint density at radius 1 is 1.28 bits per heavy atom. The number of thiocarbonyl (C=S) groups is 1. The summed E-state index contributed by atoms with van der Waals surface area (Å²) < 4.78 is 0. The smallest absolute Gasteiger partial charge is 0.169 e. The molecular weight excluding hydrogens is 246 g/mol. The van der Waals surface area contributed by atoms with E-state index in [0.717, 1.165) is 43.5 Å². The van der Waals surface area contributed by atoms with E-state index in [0.29, 0.717) is 5.75 Å². The van der Waals surface area contributed by atoms with Crippen molar-refractivity contribution < 1.29 is 5.11 Å². The van der Waals surface area contributed by atoms with Crippen LogP contribution in [0.3, 0.4) is 0 Å². The molecule has 1 aromatic carbocycles. The van der Waals surface area contributed by atoms with Crippen LogP contribution < -0.4 is 10.2 Å². The van der Waals surface area contributed by atoms with Gasteiger partial charge in [-0.15, -0.1) is 0 Å². The molecule has 0 aliphatic carbocycles. The molecule has 0 aromatic heterocycles. The second-order valence-corrected chi connectivity index (χ2v) is 4.68. The molecule has 1 fully saturated rings. The SMILES string of the molecule is CCNC(=S)N1CCN(c2ccccc2O)CC1. The van der Waals surface area contributed by atoms with E-state index in [1.165, 1.54) is 0 Å². The van der Waals surface area contributed by atoms with Gasteiger partial charge in [0.1, 0.15) is 5.75 Å². The molecule has 0 unspecified atom stereocenters. The van der Waals surface area contributed by atoms with Gasteiger partial charge < -0.3 is 20.2 Å². The minimum Gasteiger partial charge on any atom is -0.506 e. The van der Waals surface area contributed by atoms with E-state index in [-0.39, 0.29) is 0 Å². The normalized spacial score (nSPS) is 15.6. The van der Waals surface area contributed by atoms with Gasteiger partial charge in [0.15, 0.2) is 5.11 Å². The molecule has 1 aliphatic heterocycles. The van der Waals surface area contributed by atoms with Crippen molar-refractivity contribution in [2.75, 3.05) is 37.6 Å². The quantitative estimate of drug-likeness (QED) is 0.791. The molecule has 0 spiro atoms. The van der Waals surface area contributed by atoms with Gasteiger partial charge in [0.2, 0.25) is 0 Å². The van der Waals surface area contributed by atoms with Gasteiger partial charge in [-0.3, -0.25) is 0 Å². The van der Waals surface area contributed by atoms with Crippen LogP contribution in [0.5, 0.6) is 5.75 Å². The third kappa shape index (κ3) is 2.85. The first-order valence-corrected chi connectivity index (χ1v) is 6.69. The van der Waals surface area contributed by atoms with E-state index in [1.807, 2.05) is 25.1 Å². The molecule has 1 aromatic rings. The fourth-order valence-electron chi connectivity index (χ4n) is 2.15. The number of nitrogens with zero attached hydrogens (tertiary/aromatic N) is 2. The summed E-state index contributed by atoms with van der Waals surface area (Å²) in [5.74, 6) is 0.347. The maximum absolute atomic E-state index is 9.83. The van der Waals surface area contributed by atoms with Crippen molar-refractivity contribution in [2.24, 2.45) is 0 Å². The van der Waals surface area contributed by atoms with Crippen molar-refractivity contribution in [3.63, 3.8) is 0 Å². The van der Waals surface area contributed by atoms with Crippen molar-refractivity contribution in [3.05, 3.63) is 24.3 Å². The Labute approximate surface area is 113 Å². The fourth-order valence-corrected chi connectivity index (χ4v) is 2.47. The molecule has 0 bridgehead atoms. The van der Waals surface area contributed by atoms with E-state index in [1.54, 1.807) is 6.07 Å². The van der Waals surface area contributed by atoms with Crippen LogP contribution in [0.25, 0.3) is 0 Å². The average Bonchev–Trinajstić information content (AvgIpc) is 2.40. The largest absolute Gasteiger partial charge is 0.506 e. The second-order valence-electron chi connectivity index (χ2n) is 4.30. The number of anilines is 1. The summed E-state index contributed by atoms with van der Waals surface area (Å²) in [6.07, 6.45) is 0. The van der Waals surface area contributed by atoms with Crippen LogP contribution >= 0.6 is 12.2 Å². The van der Waals surface area contributed by atoms with Crippen molar-refractivity contribution in [1.29, 1.82) is 0 Å². The Morgan fingerprint density at radius 2 is 1.94 bits per heavy atom. The van der Waals surface area contributed by atoms with Gasteiger partial charge in [-0.25, -0.2) is 0 Å². The third-order valence-electron chi connectivity index (χ3n) is 3.12. The summed E-state index contributed by atoms with van der Waals surface area (Å²) in [6.45, 7) is 6.44. The number of phenolic OH excluding ortho intramolecular Hbond substituents is 1. The zero-order valence-electron chi connectivity index (χ0n) is 10.6. The van der Waals surface area contributed by atoms with Gasteiger partial charge >= 0.3 is 0 Å². The van der Waals surface area contributed by atoms with Crippen molar-refractivity contribution in [2.45, 2.75) is 6.92 Å². The average molecular weight is 265 g/mol. The zero-order valence-corrected chi connectivity index (χ0v) is 11.4. The van der Waals surface area contributed by atoms with E-state index >= 15 is 0 Å². The highest BCUT2D eigenvalue weighted by atomic mass is 32.1. The number of rotatable bonds is 2. The topological polar surface area (TPSA) is 38.7 Å². The van der Waals surface area contributed by atoms with E-state index in [2.05, 4.69) is 15.1 Å². The molecular formula is C13H19N3OS. The van der Waals surface area contributed by atoms with Crippen LogP contribution in [-0.2, 0) is 0 Å². The molecule has 4 nitrogen and oxygen atoms in total. The molecule has 2 N–H and O–H groups in total. The summed E-state index contributed by atoms with van der Waals surface area (Å²) in [4.78, 5) is 4.37. The fraction of sp³-hybridized carbons (Fsp3) is 0.462. The maximum Gasteiger partial charge on any atom is 0.169 e. The number of phenols is 1. The van der Waals surface area contributed by atoms with Gasteiger partial charge in [-0.2, -0.15) is 0 Å². The molecule has 18 heavy (non-hydrogen) atoms. The number of benzene rings is 1. The predicted octanol–water partition coefficient (Wildman–Crippen LogP) is 1.41. The zero-order chi connectivity index (χ0) is 13.0. The Balaban J connectivity index is 1.95. The summed E-state index contributed by atoms with van der Waals surface area (Å²) in [5.41, 5.74) is 0.909. The Bertz CT molecular complexity index is 416. The standard InChI is InChI=1S/C13H19N3OS/c1-2-14-13(18)16-9-7-15(8-10-16)11-5-3-4-6-12(11)17/h3-6,17H,2,7-10H2,1H3,(H,14,18). The number of aromatic hydroxyl groups is 1. The number of hydrogen-bond donors (Lipinski definition) is 2. The molecule has 1 heterocycles. The van der Waals surface area contributed by atoms with Gasteiger partial charge in [0, 0.05) is 32.7 Å². The third-order valence-corrected chi connectivity index (χ3v) is 3.52. The molecule has 5 heteroatoms. The van der Waals surface area contributed by atoms with Crippen LogP contribution in [0.4, 0.5) is 5.69 Å². The second kappa shape index (κ2) is 5.91. The maximum atomic E-state index is 9.83. The number of para-hydroxylation sites is 2. The summed E-state index contributed by atoms with van der Waals surface area (Å²) in [7, 11) is 0. The Hall–Kier alpha value is -1.49. The highest BCUT2D eigenvalue weighted by Crippen LogP contribution is 2.27. The molecule has 0 radical (unpaired) electrons. The van der Waals surface area contributed by atoms with Crippen LogP contribution in [-0.4, -0.2) is 47.8 Å². The van der Waals surface area contributed by atoms with Crippen LogP contribution in [0.1, 0.15) is 6.92 Å². The lowest BCUT2D eigenvalue weighted by Crippen LogP contribution is -2.51. The lowest BCUT2D eigenvalue weighted by atomic mass is 10.2. The van der Waals surface area contributed by atoms with Gasteiger partial charge in [-0.1, -0.05) is 12.1 Å². The monoisotopic (exact) mass is 265 g/mol. The minimum atomic E-state index is 0.347. The molecule has 0 amide bonds. The van der Waals surface area contributed by atoms with Gasteiger partial charge in [0.25, 0.3) is 0 Å². The van der Waals surface area contributed by atoms with Gasteiger partial charge in [0.05, 0.1) is 5.69 Å². The lowest BCUT2D eigenvalue weighted by molar-refractivity contribution is 0.378. The number of piperazine rings is 1. The lowest BCUT2D eigenvalue weighted by Gasteiger charge is -2.37. The molecule has 0 atom stereocenters. The summed E-state index contributed by atoms with van der Waals surface area (Å²) >= 11 is 5.30. The summed E-state index contributed by atoms with van der Waals surface area (Å²) in [6, 6.07) is 7.47. The molecule has 0 saturated carbocycles. The highest BCUT2D eigenvalue weighted by molar-refractivity contribution is 7.80. The molecule has 1 aliphatic rings. The first-order valence-electron chi connectivity index (χ1n) is 6.28. The van der Waals surface area contributed by atoms with E-state index in [4.69, 9.17) is 12.2 Å². The molecule has 98 valence electrons. The number of nitrogens with one attached hydrogen (secondary N) is 1. The van der Waals surface area contributed by atoms with Crippen LogP contribution in [0.15, 0.2) is 24.3 Å². The van der Waals surface area contributed by atoms with E-state index < -0.39 is 0 Å². The highest BCUT2D eigenvalue weighted by Gasteiger charge is 2.20. The Kier molecular flexibility index (Phi) is 4.25. The van der Waals surface area contributed by atoms with Crippen LogP contribution in [0, 0.1) is 0 Å². The van der Waals surface area contributed by atoms with Gasteiger partial charge in [-0.05, 0) is 31.3 Å². The first-order chi connectivity index (χ1) is 8.72. The Morgan fingerprint density at radius 3 is 2.56 bits per heavy atom. The predicted molar refractivity (Wildman–Crippen MR) is 78.2 cm³/mol.